The SMILES string of the molecule is CCN1NC(=O)COC12CCC(CCc1c[nH]c3ccccc13)CC2. The molecule has 1 aliphatic carbocycles. The Morgan fingerprint density at radius 3 is 2.88 bits per heavy atom. The van der Waals surface area contributed by atoms with Crippen LogP contribution in [0, 0.1) is 5.92 Å². The molecule has 2 N–H and O–H groups in total. The summed E-state index contributed by atoms with van der Waals surface area (Å²) in [5.41, 5.74) is 5.35. The van der Waals surface area contributed by atoms with Gasteiger partial charge in [0.05, 0.1) is 0 Å². The zero-order valence-electron chi connectivity index (χ0n) is 14.9. The highest BCUT2D eigenvalue weighted by Crippen LogP contribution is 2.39. The lowest BCUT2D eigenvalue weighted by molar-refractivity contribution is -0.225. The fraction of sp³-hybridized carbons (Fsp3) is 0.550. The van der Waals surface area contributed by atoms with Crippen molar-refractivity contribution >= 4 is 16.8 Å². The molecule has 25 heavy (non-hydrogen) atoms. The van der Waals surface area contributed by atoms with Crippen LogP contribution in [0.25, 0.3) is 10.9 Å². The molecule has 1 aromatic carbocycles. The zero-order valence-corrected chi connectivity index (χ0v) is 14.9. The van der Waals surface area contributed by atoms with Crippen LogP contribution in [0.4, 0.5) is 0 Å². The Morgan fingerprint density at radius 1 is 1.28 bits per heavy atom. The molecule has 5 nitrogen and oxygen atoms in total. The van der Waals surface area contributed by atoms with Gasteiger partial charge in [-0.3, -0.25) is 10.2 Å². The van der Waals surface area contributed by atoms with Gasteiger partial charge >= 0.3 is 0 Å². The largest absolute Gasteiger partial charge is 0.361 e. The van der Waals surface area contributed by atoms with Crippen molar-refractivity contribution in [1.29, 1.82) is 0 Å². The number of aryl methyl sites for hydroxylation is 1. The number of aromatic amines is 1. The first-order valence-corrected chi connectivity index (χ1v) is 9.46. The number of nitrogens with zero attached hydrogens (tertiary/aromatic N) is 1. The molecular formula is C20H27N3O2. The van der Waals surface area contributed by atoms with E-state index >= 15 is 0 Å². The van der Waals surface area contributed by atoms with Gasteiger partial charge in [0.25, 0.3) is 5.91 Å². The number of ether oxygens (including phenoxy) is 1. The molecule has 2 heterocycles. The number of H-pyrrole nitrogens is 1. The number of carbonyl (C=O) groups is 1. The van der Waals surface area contributed by atoms with E-state index in [4.69, 9.17) is 4.74 Å². The second-order valence-corrected chi connectivity index (χ2v) is 7.36. The number of nitrogens with one attached hydrogen (secondary N) is 2. The summed E-state index contributed by atoms with van der Waals surface area (Å²) in [6, 6.07) is 8.52. The molecule has 4 rings (SSSR count). The number of hydrazine groups is 1. The van der Waals surface area contributed by atoms with Gasteiger partial charge in [0.2, 0.25) is 0 Å². The summed E-state index contributed by atoms with van der Waals surface area (Å²) in [7, 11) is 0. The summed E-state index contributed by atoms with van der Waals surface area (Å²) in [6.07, 6.45) is 8.82. The van der Waals surface area contributed by atoms with Gasteiger partial charge in [-0.05, 0) is 56.1 Å². The highest BCUT2D eigenvalue weighted by molar-refractivity contribution is 5.83. The fourth-order valence-electron chi connectivity index (χ4n) is 4.46. The first kappa shape index (κ1) is 16.6. The lowest BCUT2D eigenvalue weighted by Gasteiger charge is -2.49. The van der Waals surface area contributed by atoms with Crippen LogP contribution in [0.2, 0.25) is 0 Å². The molecule has 1 aliphatic heterocycles. The Labute approximate surface area is 148 Å². The van der Waals surface area contributed by atoms with Crippen molar-refractivity contribution in [2.24, 2.45) is 5.92 Å². The summed E-state index contributed by atoms with van der Waals surface area (Å²) in [4.78, 5) is 15.0. The van der Waals surface area contributed by atoms with Gasteiger partial charge in [-0.1, -0.05) is 25.1 Å². The molecule has 1 saturated heterocycles. The number of aromatic nitrogens is 1. The van der Waals surface area contributed by atoms with Gasteiger partial charge in [0.15, 0.2) is 0 Å². The van der Waals surface area contributed by atoms with Crippen LogP contribution in [0.15, 0.2) is 30.5 Å². The maximum Gasteiger partial charge on any atom is 0.260 e. The molecule has 2 aliphatic rings. The van der Waals surface area contributed by atoms with Gasteiger partial charge in [-0.15, -0.1) is 0 Å². The topological polar surface area (TPSA) is 57.4 Å². The maximum absolute atomic E-state index is 11.6. The van der Waals surface area contributed by atoms with Gasteiger partial charge in [-0.2, -0.15) is 5.01 Å². The average Bonchev–Trinajstić information content (AvgIpc) is 3.06. The second-order valence-electron chi connectivity index (χ2n) is 7.36. The molecule has 0 atom stereocenters. The summed E-state index contributed by atoms with van der Waals surface area (Å²) in [5, 5.41) is 3.36. The first-order chi connectivity index (χ1) is 12.2. The summed E-state index contributed by atoms with van der Waals surface area (Å²) in [5.74, 6) is 0.702. The van der Waals surface area contributed by atoms with Gasteiger partial charge in [-0.25, -0.2) is 0 Å². The molecular weight excluding hydrogens is 314 g/mol. The smallest absolute Gasteiger partial charge is 0.260 e. The molecule has 1 spiro atoms. The Bertz CT molecular complexity index is 746. The summed E-state index contributed by atoms with van der Waals surface area (Å²) in [6.45, 7) is 3.04. The number of carbonyl (C=O) groups excluding carboxylic acids is 1. The number of amides is 1. The van der Waals surface area contributed by atoms with Crippen molar-refractivity contribution in [2.45, 2.75) is 51.2 Å². The number of fused-ring (bicyclic) bond motifs is 1. The number of hydrogen-bond acceptors (Lipinski definition) is 3. The van der Waals surface area contributed by atoms with Crippen LogP contribution in [0.1, 0.15) is 44.6 Å². The highest BCUT2D eigenvalue weighted by atomic mass is 16.5. The normalized spacial score (nSPS) is 27.7. The van der Waals surface area contributed by atoms with Gasteiger partial charge in [0.1, 0.15) is 12.3 Å². The van der Waals surface area contributed by atoms with Gasteiger partial charge in [0, 0.05) is 23.6 Å². The predicted octanol–water partition coefficient (Wildman–Crippen LogP) is 3.37. The molecule has 1 amide bonds. The van der Waals surface area contributed by atoms with E-state index in [1.807, 2.05) is 5.01 Å². The highest BCUT2D eigenvalue weighted by Gasteiger charge is 2.44. The third-order valence-electron chi connectivity index (χ3n) is 5.92. The average molecular weight is 341 g/mol. The van der Waals surface area contributed by atoms with Crippen LogP contribution in [-0.2, 0) is 16.0 Å². The Kier molecular flexibility index (Phi) is 4.52. The second kappa shape index (κ2) is 6.81. The van der Waals surface area contributed by atoms with Crippen LogP contribution in [-0.4, -0.2) is 34.8 Å². The molecule has 2 fully saturated rings. The van der Waals surface area contributed by atoms with E-state index in [0.717, 1.165) is 44.6 Å². The number of para-hydroxylation sites is 1. The quantitative estimate of drug-likeness (QED) is 0.896. The minimum absolute atomic E-state index is 0.0334. The standard InChI is InChI=1S/C20H27N3O2/c1-2-23-20(25-14-19(24)22-23)11-9-15(10-12-20)7-8-16-13-21-18-6-4-3-5-17(16)18/h3-6,13,15,21H,2,7-12,14H2,1H3,(H,22,24). The van der Waals surface area contributed by atoms with Crippen LogP contribution in [0.3, 0.4) is 0 Å². The minimum atomic E-state index is -0.278. The lowest BCUT2D eigenvalue weighted by atomic mass is 9.80. The van der Waals surface area contributed by atoms with E-state index < -0.39 is 0 Å². The van der Waals surface area contributed by atoms with E-state index in [2.05, 4.69) is 47.8 Å². The van der Waals surface area contributed by atoms with Crippen molar-refractivity contribution in [1.82, 2.24) is 15.4 Å². The predicted molar refractivity (Wildman–Crippen MR) is 97.8 cm³/mol. The molecule has 1 aromatic heterocycles. The molecule has 0 bridgehead atoms. The number of rotatable bonds is 4. The van der Waals surface area contributed by atoms with Gasteiger partial charge < -0.3 is 9.72 Å². The molecule has 0 radical (unpaired) electrons. The van der Waals surface area contributed by atoms with Crippen molar-refractivity contribution in [3.63, 3.8) is 0 Å². The maximum atomic E-state index is 11.6. The molecule has 1 saturated carbocycles. The minimum Gasteiger partial charge on any atom is -0.361 e. The van der Waals surface area contributed by atoms with E-state index in [1.54, 1.807) is 0 Å². The third kappa shape index (κ3) is 3.18. The fourth-order valence-corrected chi connectivity index (χ4v) is 4.46. The Morgan fingerprint density at radius 2 is 2.08 bits per heavy atom. The van der Waals surface area contributed by atoms with Crippen molar-refractivity contribution in [2.75, 3.05) is 13.2 Å². The van der Waals surface area contributed by atoms with E-state index in [1.165, 1.54) is 22.9 Å². The van der Waals surface area contributed by atoms with E-state index in [0.29, 0.717) is 0 Å². The lowest BCUT2D eigenvalue weighted by Crippen LogP contribution is -2.64. The first-order valence-electron chi connectivity index (χ1n) is 9.46. The van der Waals surface area contributed by atoms with E-state index in [9.17, 15) is 4.79 Å². The summed E-state index contributed by atoms with van der Waals surface area (Å²) < 4.78 is 5.99. The van der Waals surface area contributed by atoms with E-state index in [-0.39, 0.29) is 18.2 Å². The van der Waals surface area contributed by atoms with Crippen molar-refractivity contribution < 1.29 is 9.53 Å². The molecule has 5 heteroatoms. The number of hydrogen-bond donors (Lipinski definition) is 2. The van der Waals surface area contributed by atoms with Crippen LogP contribution < -0.4 is 5.43 Å². The zero-order chi connectivity index (χ0) is 17.3. The van der Waals surface area contributed by atoms with Crippen LogP contribution >= 0.6 is 0 Å². The molecule has 0 unspecified atom stereocenters. The van der Waals surface area contributed by atoms with Crippen LogP contribution in [0.5, 0.6) is 0 Å². The Balaban J connectivity index is 1.35. The monoisotopic (exact) mass is 341 g/mol. The van der Waals surface area contributed by atoms with Crippen molar-refractivity contribution in [3.8, 4) is 0 Å². The third-order valence-corrected chi connectivity index (χ3v) is 5.92. The molecule has 134 valence electrons. The van der Waals surface area contributed by atoms with Crippen molar-refractivity contribution in [3.05, 3.63) is 36.0 Å². The summed E-state index contributed by atoms with van der Waals surface area (Å²) >= 11 is 0. The number of benzene rings is 1. The molecule has 2 aromatic rings. The Hall–Kier alpha value is -1.85.